The maximum Gasteiger partial charge on any atom is 0.156 e. The van der Waals surface area contributed by atoms with Crippen LogP contribution < -0.4 is 5.32 Å². The van der Waals surface area contributed by atoms with Gasteiger partial charge in [-0.25, -0.2) is 4.98 Å². The van der Waals surface area contributed by atoms with E-state index in [4.69, 9.17) is 11.6 Å². The van der Waals surface area contributed by atoms with Crippen LogP contribution >= 0.6 is 11.6 Å². The van der Waals surface area contributed by atoms with E-state index in [2.05, 4.69) is 20.3 Å². The normalized spacial score (nSPS) is 10.5. The summed E-state index contributed by atoms with van der Waals surface area (Å²) in [5.41, 5.74) is 1.83. The zero-order chi connectivity index (χ0) is 10.7. The molecule has 0 radical (unpaired) electrons. The van der Waals surface area contributed by atoms with Gasteiger partial charge in [0.2, 0.25) is 0 Å². The second-order valence-electron chi connectivity index (χ2n) is 3.15. The molecule has 0 aliphatic rings. The molecule has 4 nitrogen and oxygen atoms in total. The third-order valence-corrected chi connectivity index (χ3v) is 2.19. The van der Waals surface area contributed by atoms with Crippen LogP contribution in [0.15, 0.2) is 24.5 Å². The first kappa shape index (κ1) is 10.1. The van der Waals surface area contributed by atoms with Gasteiger partial charge in [-0.05, 0) is 19.2 Å². The lowest BCUT2D eigenvalue weighted by Crippen LogP contribution is -2.04. The Morgan fingerprint density at radius 1 is 1.33 bits per heavy atom. The van der Waals surface area contributed by atoms with Crippen molar-refractivity contribution in [3.05, 3.63) is 35.2 Å². The van der Waals surface area contributed by atoms with Crippen LogP contribution in [0.4, 0.5) is 0 Å². The van der Waals surface area contributed by atoms with Gasteiger partial charge in [-0.3, -0.25) is 4.98 Å². The standard InChI is InChI=1S/C10H11ClN4/c1-12-5-8-6-14-10(15-8)9-3-2-7(11)4-13-9/h2-4,6,12H,5H2,1H3,(H,14,15). The lowest BCUT2D eigenvalue weighted by molar-refractivity contribution is 0.797. The summed E-state index contributed by atoms with van der Waals surface area (Å²) in [6, 6.07) is 3.63. The van der Waals surface area contributed by atoms with E-state index in [9.17, 15) is 0 Å². The summed E-state index contributed by atoms with van der Waals surface area (Å²) < 4.78 is 0. The van der Waals surface area contributed by atoms with Crippen molar-refractivity contribution in [3.8, 4) is 11.5 Å². The highest BCUT2D eigenvalue weighted by molar-refractivity contribution is 6.30. The van der Waals surface area contributed by atoms with Gasteiger partial charge in [-0.1, -0.05) is 11.6 Å². The molecule has 2 rings (SSSR count). The molecule has 0 amide bonds. The molecule has 0 saturated heterocycles. The van der Waals surface area contributed by atoms with Crippen LogP contribution in [0.1, 0.15) is 5.69 Å². The van der Waals surface area contributed by atoms with Crippen LogP contribution in [-0.4, -0.2) is 22.0 Å². The first-order valence-corrected chi connectivity index (χ1v) is 4.98. The molecule has 0 atom stereocenters. The van der Waals surface area contributed by atoms with Crippen molar-refractivity contribution in [1.82, 2.24) is 20.3 Å². The van der Waals surface area contributed by atoms with Gasteiger partial charge < -0.3 is 10.3 Å². The van der Waals surface area contributed by atoms with Gasteiger partial charge in [0, 0.05) is 18.4 Å². The average molecular weight is 223 g/mol. The number of hydrogen-bond acceptors (Lipinski definition) is 3. The van der Waals surface area contributed by atoms with Gasteiger partial charge in [0.25, 0.3) is 0 Å². The van der Waals surface area contributed by atoms with Crippen LogP contribution in [0.5, 0.6) is 0 Å². The molecule has 15 heavy (non-hydrogen) atoms. The van der Waals surface area contributed by atoms with Gasteiger partial charge in [0.1, 0.15) is 5.69 Å². The Bertz CT molecular complexity index is 435. The number of nitrogens with zero attached hydrogens (tertiary/aromatic N) is 2. The monoisotopic (exact) mass is 222 g/mol. The van der Waals surface area contributed by atoms with E-state index in [0.29, 0.717) is 5.02 Å². The van der Waals surface area contributed by atoms with Crippen molar-refractivity contribution < 1.29 is 0 Å². The Morgan fingerprint density at radius 3 is 2.87 bits per heavy atom. The molecular weight excluding hydrogens is 212 g/mol. The van der Waals surface area contributed by atoms with Crippen LogP contribution in [0, 0.1) is 0 Å². The fourth-order valence-corrected chi connectivity index (χ4v) is 1.40. The minimum atomic E-state index is 0.626. The van der Waals surface area contributed by atoms with Crippen LogP contribution in [0.2, 0.25) is 5.02 Å². The van der Waals surface area contributed by atoms with Crippen LogP contribution in [0.3, 0.4) is 0 Å². The highest BCUT2D eigenvalue weighted by atomic mass is 35.5. The molecule has 0 aromatic carbocycles. The fraction of sp³-hybridized carbons (Fsp3) is 0.200. The maximum absolute atomic E-state index is 5.75. The molecule has 2 heterocycles. The third kappa shape index (κ3) is 2.34. The van der Waals surface area contributed by atoms with E-state index in [-0.39, 0.29) is 0 Å². The topological polar surface area (TPSA) is 53.6 Å². The second-order valence-corrected chi connectivity index (χ2v) is 3.59. The first-order valence-electron chi connectivity index (χ1n) is 4.60. The number of H-pyrrole nitrogens is 1. The summed E-state index contributed by atoms with van der Waals surface area (Å²) >= 11 is 5.75. The largest absolute Gasteiger partial charge is 0.339 e. The predicted octanol–water partition coefficient (Wildman–Crippen LogP) is 1.84. The van der Waals surface area contributed by atoms with E-state index < -0.39 is 0 Å². The fourth-order valence-electron chi connectivity index (χ4n) is 1.29. The van der Waals surface area contributed by atoms with Crippen LogP contribution in [0.25, 0.3) is 11.5 Å². The Morgan fingerprint density at radius 2 is 2.20 bits per heavy atom. The molecule has 0 unspecified atom stereocenters. The molecule has 0 fully saturated rings. The molecule has 0 aliphatic heterocycles. The molecule has 2 aromatic heterocycles. The van der Waals surface area contributed by atoms with E-state index in [0.717, 1.165) is 23.8 Å². The zero-order valence-electron chi connectivity index (χ0n) is 8.29. The highest BCUT2D eigenvalue weighted by Gasteiger charge is 2.03. The molecule has 0 bridgehead atoms. The summed E-state index contributed by atoms with van der Waals surface area (Å²) in [5, 5.41) is 3.67. The Labute approximate surface area is 92.7 Å². The molecule has 78 valence electrons. The number of rotatable bonds is 3. The Balaban J connectivity index is 2.25. The van der Waals surface area contributed by atoms with E-state index in [1.54, 1.807) is 18.5 Å². The first-order chi connectivity index (χ1) is 7.29. The SMILES string of the molecule is CNCc1cnc(-c2ccc(Cl)cn2)[nH]1. The van der Waals surface area contributed by atoms with Gasteiger partial charge in [-0.15, -0.1) is 0 Å². The summed E-state index contributed by atoms with van der Waals surface area (Å²) in [7, 11) is 1.89. The number of halogens is 1. The number of pyridine rings is 1. The minimum Gasteiger partial charge on any atom is -0.339 e. The van der Waals surface area contributed by atoms with Crippen molar-refractivity contribution in [2.45, 2.75) is 6.54 Å². The highest BCUT2D eigenvalue weighted by Crippen LogP contribution is 2.15. The maximum atomic E-state index is 5.75. The van der Waals surface area contributed by atoms with Crippen molar-refractivity contribution in [2.75, 3.05) is 7.05 Å². The molecule has 0 saturated carbocycles. The lowest BCUT2D eigenvalue weighted by atomic mass is 10.3. The van der Waals surface area contributed by atoms with E-state index in [1.165, 1.54) is 0 Å². The van der Waals surface area contributed by atoms with Crippen molar-refractivity contribution in [3.63, 3.8) is 0 Å². The lowest BCUT2D eigenvalue weighted by Gasteiger charge is -1.96. The van der Waals surface area contributed by atoms with Gasteiger partial charge in [0.05, 0.1) is 11.2 Å². The quantitative estimate of drug-likeness (QED) is 0.834. The Kier molecular flexibility index (Phi) is 2.99. The van der Waals surface area contributed by atoms with Crippen molar-refractivity contribution >= 4 is 11.6 Å². The molecule has 2 N–H and O–H groups in total. The van der Waals surface area contributed by atoms with Crippen molar-refractivity contribution in [1.29, 1.82) is 0 Å². The van der Waals surface area contributed by atoms with Crippen molar-refractivity contribution in [2.24, 2.45) is 0 Å². The molecule has 0 aliphatic carbocycles. The van der Waals surface area contributed by atoms with E-state index in [1.807, 2.05) is 13.1 Å². The third-order valence-electron chi connectivity index (χ3n) is 1.97. The molecule has 5 heteroatoms. The average Bonchev–Trinajstić information content (AvgIpc) is 2.68. The summed E-state index contributed by atoms with van der Waals surface area (Å²) in [6.07, 6.45) is 3.40. The van der Waals surface area contributed by atoms with Crippen LogP contribution in [-0.2, 0) is 6.54 Å². The zero-order valence-corrected chi connectivity index (χ0v) is 9.04. The van der Waals surface area contributed by atoms with Gasteiger partial charge in [0.15, 0.2) is 5.82 Å². The summed E-state index contributed by atoms with van der Waals surface area (Å²) in [5.74, 6) is 0.761. The Hall–Kier alpha value is -1.39. The number of imidazole rings is 1. The minimum absolute atomic E-state index is 0.626. The van der Waals surface area contributed by atoms with Gasteiger partial charge in [-0.2, -0.15) is 0 Å². The number of aromatic nitrogens is 3. The summed E-state index contributed by atoms with van der Waals surface area (Å²) in [6.45, 7) is 0.764. The number of hydrogen-bond donors (Lipinski definition) is 2. The summed E-state index contributed by atoms with van der Waals surface area (Å²) in [4.78, 5) is 11.6. The molecule has 2 aromatic rings. The van der Waals surface area contributed by atoms with E-state index >= 15 is 0 Å². The van der Waals surface area contributed by atoms with Gasteiger partial charge >= 0.3 is 0 Å². The number of aromatic amines is 1. The smallest absolute Gasteiger partial charge is 0.156 e. The second kappa shape index (κ2) is 4.42. The predicted molar refractivity (Wildman–Crippen MR) is 59.6 cm³/mol. The molecule has 0 spiro atoms. The molecular formula is C10H11ClN4. The number of nitrogens with one attached hydrogen (secondary N) is 2.